The topological polar surface area (TPSA) is 29.5 Å². The van der Waals surface area contributed by atoms with Crippen molar-refractivity contribution in [2.75, 3.05) is 6.61 Å². The van der Waals surface area contributed by atoms with Crippen LogP contribution >= 0.6 is 0 Å². The zero-order chi connectivity index (χ0) is 9.72. The summed E-state index contributed by atoms with van der Waals surface area (Å²) >= 11 is 0. The largest absolute Gasteiger partial charge is 0.392 e. The molecule has 0 unspecified atom stereocenters. The van der Waals surface area contributed by atoms with Gasteiger partial charge in [0.1, 0.15) is 0 Å². The molecular formula is C10H22O2. The van der Waals surface area contributed by atoms with Crippen LogP contribution in [0.15, 0.2) is 0 Å². The van der Waals surface area contributed by atoms with Crippen molar-refractivity contribution in [3.63, 3.8) is 0 Å². The Bertz CT molecular complexity index is 100. The lowest BCUT2D eigenvalue weighted by atomic mass is 9.88. The van der Waals surface area contributed by atoms with E-state index in [4.69, 9.17) is 4.74 Å². The molecule has 4 atom stereocenters. The summed E-state index contributed by atoms with van der Waals surface area (Å²) in [5.41, 5.74) is 0. The summed E-state index contributed by atoms with van der Waals surface area (Å²) in [4.78, 5) is 0. The minimum atomic E-state index is -0.177. The summed E-state index contributed by atoms with van der Waals surface area (Å²) < 4.78 is 5.41. The molecule has 0 amide bonds. The van der Waals surface area contributed by atoms with Crippen molar-refractivity contribution in [1.29, 1.82) is 0 Å². The third-order valence-electron chi connectivity index (χ3n) is 2.48. The van der Waals surface area contributed by atoms with Crippen LogP contribution in [0.1, 0.15) is 34.6 Å². The molecule has 0 bridgehead atoms. The van der Waals surface area contributed by atoms with E-state index in [-0.39, 0.29) is 18.1 Å². The number of hydrogen-bond acceptors (Lipinski definition) is 2. The fourth-order valence-electron chi connectivity index (χ4n) is 1.35. The molecule has 1 aliphatic heterocycles. The van der Waals surface area contributed by atoms with Gasteiger partial charge in [0.25, 0.3) is 0 Å². The van der Waals surface area contributed by atoms with E-state index in [2.05, 4.69) is 0 Å². The molecule has 1 fully saturated rings. The van der Waals surface area contributed by atoms with Crippen LogP contribution < -0.4 is 0 Å². The van der Waals surface area contributed by atoms with Gasteiger partial charge in [-0.2, -0.15) is 0 Å². The third-order valence-corrected chi connectivity index (χ3v) is 2.48. The molecule has 0 aromatic carbocycles. The minimum Gasteiger partial charge on any atom is -0.392 e. The molecule has 74 valence electrons. The molecule has 1 N–H and O–H groups in total. The maximum absolute atomic E-state index is 9.54. The van der Waals surface area contributed by atoms with Crippen LogP contribution in [0.25, 0.3) is 0 Å². The van der Waals surface area contributed by atoms with E-state index >= 15 is 0 Å². The summed E-state index contributed by atoms with van der Waals surface area (Å²) in [5, 5.41) is 9.54. The fraction of sp³-hybridized carbons (Fsp3) is 1.00. The van der Waals surface area contributed by atoms with Crippen molar-refractivity contribution in [2.45, 2.75) is 46.8 Å². The number of ether oxygens (including phenoxy) is 1. The molecule has 0 radical (unpaired) electrons. The van der Waals surface area contributed by atoms with Crippen molar-refractivity contribution < 1.29 is 9.84 Å². The Hall–Kier alpha value is -0.0800. The van der Waals surface area contributed by atoms with Crippen molar-refractivity contribution in [3.8, 4) is 0 Å². The second-order valence-corrected chi connectivity index (χ2v) is 3.37. The Balaban J connectivity index is 0.000000561. The van der Waals surface area contributed by atoms with Crippen molar-refractivity contribution in [3.05, 3.63) is 0 Å². The Kier molecular flexibility index (Phi) is 5.51. The van der Waals surface area contributed by atoms with E-state index in [1.807, 2.05) is 34.6 Å². The number of rotatable bonds is 0. The average Bonchev–Trinajstić information content (AvgIpc) is 2.12. The maximum Gasteiger partial charge on any atom is 0.0637 e. The lowest BCUT2D eigenvalue weighted by Gasteiger charge is -2.35. The summed E-state index contributed by atoms with van der Waals surface area (Å²) in [6, 6.07) is 0. The second kappa shape index (κ2) is 5.55. The van der Waals surface area contributed by atoms with E-state index in [0.717, 1.165) is 0 Å². The van der Waals surface area contributed by atoms with Gasteiger partial charge in [-0.1, -0.05) is 27.7 Å². The van der Waals surface area contributed by atoms with Gasteiger partial charge in [0.15, 0.2) is 0 Å². The van der Waals surface area contributed by atoms with Crippen molar-refractivity contribution in [1.82, 2.24) is 0 Å². The third kappa shape index (κ3) is 2.76. The van der Waals surface area contributed by atoms with Crippen LogP contribution in [0.5, 0.6) is 0 Å². The molecule has 0 aliphatic carbocycles. The average molecular weight is 174 g/mol. The lowest BCUT2D eigenvalue weighted by molar-refractivity contribution is -0.109. The molecule has 12 heavy (non-hydrogen) atoms. The standard InChI is InChI=1S/C8H16O2.C2H6/c1-5-4-10-7(3)6(2)8(5)9;1-2/h5-9H,4H2,1-3H3;1-2H3/t5-,6-,7-,8-;/m0./s1. The normalized spacial score (nSPS) is 41.5. The van der Waals surface area contributed by atoms with Gasteiger partial charge in [-0.25, -0.2) is 0 Å². The van der Waals surface area contributed by atoms with Crippen LogP contribution in [0, 0.1) is 11.8 Å². The molecule has 1 heterocycles. The van der Waals surface area contributed by atoms with Crippen molar-refractivity contribution >= 4 is 0 Å². The van der Waals surface area contributed by atoms with Crippen LogP contribution in [-0.4, -0.2) is 23.9 Å². The molecule has 0 spiro atoms. The summed E-state index contributed by atoms with van der Waals surface area (Å²) in [6.07, 6.45) is 0.0370. The van der Waals surface area contributed by atoms with Gasteiger partial charge in [0, 0.05) is 11.8 Å². The lowest BCUT2D eigenvalue weighted by Crippen LogP contribution is -2.42. The molecule has 1 saturated heterocycles. The Labute approximate surface area is 75.9 Å². The predicted molar refractivity (Wildman–Crippen MR) is 51.1 cm³/mol. The molecule has 0 saturated carbocycles. The summed E-state index contributed by atoms with van der Waals surface area (Å²) in [5.74, 6) is 0.579. The van der Waals surface area contributed by atoms with Crippen LogP contribution in [0.3, 0.4) is 0 Å². The van der Waals surface area contributed by atoms with Gasteiger partial charge in [0.2, 0.25) is 0 Å². The Morgan fingerprint density at radius 3 is 2.08 bits per heavy atom. The predicted octanol–water partition coefficient (Wildman–Crippen LogP) is 2.06. The van der Waals surface area contributed by atoms with Crippen molar-refractivity contribution in [2.24, 2.45) is 11.8 Å². The van der Waals surface area contributed by atoms with Gasteiger partial charge in [-0.05, 0) is 6.92 Å². The highest BCUT2D eigenvalue weighted by molar-refractivity contribution is 4.79. The molecule has 1 rings (SSSR count). The van der Waals surface area contributed by atoms with E-state index < -0.39 is 0 Å². The van der Waals surface area contributed by atoms with E-state index in [9.17, 15) is 5.11 Å². The maximum atomic E-state index is 9.54. The van der Waals surface area contributed by atoms with Gasteiger partial charge >= 0.3 is 0 Å². The highest BCUT2D eigenvalue weighted by Gasteiger charge is 2.31. The van der Waals surface area contributed by atoms with Crippen LogP contribution in [0.2, 0.25) is 0 Å². The van der Waals surface area contributed by atoms with Gasteiger partial charge in [-0.15, -0.1) is 0 Å². The first-order valence-electron chi connectivity index (χ1n) is 4.92. The highest BCUT2D eigenvalue weighted by Crippen LogP contribution is 2.24. The zero-order valence-corrected chi connectivity index (χ0v) is 8.87. The van der Waals surface area contributed by atoms with Gasteiger partial charge in [0.05, 0.1) is 18.8 Å². The molecule has 1 aliphatic rings. The monoisotopic (exact) mass is 174 g/mol. The van der Waals surface area contributed by atoms with E-state index in [0.29, 0.717) is 12.5 Å². The molecule has 2 nitrogen and oxygen atoms in total. The highest BCUT2D eigenvalue weighted by atomic mass is 16.5. The SMILES string of the molecule is CC.C[C@@H]1[C@@H](O)[C@@H](C)CO[C@H]1C. The molecular weight excluding hydrogens is 152 g/mol. The first kappa shape index (κ1) is 11.9. The number of hydrogen-bond donors (Lipinski definition) is 1. The van der Waals surface area contributed by atoms with E-state index in [1.165, 1.54) is 0 Å². The zero-order valence-electron chi connectivity index (χ0n) is 8.87. The van der Waals surface area contributed by atoms with Gasteiger partial charge < -0.3 is 9.84 Å². The van der Waals surface area contributed by atoms with Crippen LogP contribution in [-0.2, 0) is 4.74 Å². The fourth-order valence-corrected chi connectivity index (χ4v) is 1.35. The number of aliphatic hydroxyl groups excluding tert-OH is 1. The Morgan fingerprint density at radius 1 is 1.17 bits per heavy atom. The first-order valence-corrected chi connectivity index (χ1v) is 4.92. The van der Waals surface area contributed by atoms with Gasteiger partial charge in [-0.3, -0.25) is 0 Å². The second-order valence-electron chi connectivity index (χ2n) is 3.37. The first-order chi connectivity index (χ1) is 5.63. The quantitative estimate of drug-likeness (QED) is 0.609. The molecule has 0 aromatic heterocycles. The molecule has 2 heteroatoms. The smallest absolute Gasteiger partial charge is 0.0637 e. The van der Waals surface area contributed by atoms with E-state index in [1.54, 1.807) is 0 Å². The molecule has 0 aromatic rings. The summed E-state index contributed by atoms with van der Waals surface area (Å²) in [6.45, 7) is 10.8. The summed E-state index contributed by atoms with van der Waals surface area (Å²) in [7, 11) is 0. The van der Waals surface area contributed by atoms with Crippen LogP contribution in [0.4, 0.5) is 0 Å². The number of aliphatic hydroxyl groups is 1. The Morgan fingerprint density at radius 2 is 1.67 bits per heavy atom. The minimum absolute atomic E-state index is 0.177.